The molecule has 5 rings (SSSR count). The van der Waals surface area contributed by atoms with E-state index in [1.54, 1.807) is 12.1 Å². The molecular formula is C26H25N3O3S2. The monoisotopic (exact) mass is 491 g/mol. The highest BCUT2D eigenvalue weighted by molar-refractivity contribution is 8.00. The molecule has 0 fully saturated rings. The molecule has 2 heterocycles. The average molecular weight is 492 g/mol. The Kier molecular flexibility index (Phi) is 6.43. The van der Waals surface area contributed by atoms with Gasteiger partial charge < -0.3 is 15.4 Å². The number of hydrogen-bond acceptors (Lipinski definition) is 6. The summed E-state index contributed by atoms with van der Waals surface area (Å²) < 4.78 is 0. The largest absolute Gasteiger partial charge is 0.508 e. The molecule has 2 aromatic heterocycles. The van der Waals surface area contributed by atoms with Crippen molar-refractivity contribution in [3.63, 3.8) is 0 Å². The van der Waals surface area contributed by atoms with Gasteiger partial charge in [0.25, 0.3) is 5.56 Å². The van der Waals surface area contributed by atoms with Gasteiger partial charge in [0, 0.05) is 16.6 Å². The average Bonchev–Trinajstić information content (AvgIpc) is 3.28. The van der Waals surface area contributed by atoms with E-state index in [-0.39, 0.29) is 17.2 Å². The van der Waals surface area contributed by atoms with Crippen molar-refractivity contribution in [2.75, 3.05) is 5.32 Å². The van der Waals surface area contributed by atoms with E-state index in [4.69, 9.17) is 0 Å². The van der Waals surface area contributed by atoms with Crippen molar-refractivity contribution in [2.24, 2.45) is 0 Å². The second-order valence-electron chi connectivity index (χ2n) is 8.44. The van der Waals surface area contributed by atoms with E-state index < -0.39 is 5.25 Å². The first-order valence-corrected chi connectivity index (χ1v) is 13.2. The topological polar surface area (TPSA) is 95.1 Å². The van der Waals surface area contributed by atoms with Crippen molar-refractivity contribution in [1.82, 2.24) is 9.97 Å². The number of benzene rings is 2. The van der Waals surface area contributed by atoms with Crippen LogP contribution in [0.4, 0.5) is 5.69 Å². The van der Waals surface area contributed by atoms with E-state index in [0.29, 0.717) is 27.5 Å². The summed E-state index contributed by atoms with van der Waals surface area (Å²) in [6.07, 6.45) is 5.24. The number of carbonyl (C=O) groups excluding carboxylic acids is 1. The minimum absolute atomic E-state index is 0.139. The van der Waals surface area contributed by atoms with Gasteiger partial charge in [-0.25, -0.2) is 4.98 Å². The highest BCUT2D eigenvalue weighted by atomic mass is 32.2. The number of phenols is 1. The van der Waals surface area contributed by atoms with Crippen LogP contribution in [0.15, 0.2) is 57.8 Å². The first kappa shape index (κ1) is 22.7. The van der Waals surface area contributed by atoms with Gasteiger partial charge >= 0.3 is 0 Å². The summed E-state index contributed by atoms with van der Waals surface area (Å²) in [5.41, 5.74) is 5.18. The predicted octanol–water partition coefficient (Wildman–Crippen LogP) is 5.75. The number of aromatic nitrogens is 2. The first-order chi connectivity index (χ1) is 16.5. The van der Waals surface area contributed by atoms with Crippen LogP contribution in [0.25, 0.3) is 21.3 Å². The molecule has 1 aliphatic rings. The van der Waals surface area contributed by atoms with Gasteiger partial charge in [-0.15, -0.1) is 11.3 Å². The lowest BCUT2D eigenvalue weighted by atomic mass is 9.89. The van der Waals surface area contributed by atoms with Gasteiger partial charge in [-0.2, -0.15) is 0 Å². The maximum absolute atomic E-state index is 13.1. The molecule has 0 spiro atoms. The Balaban J connectivity index is 1.39. The Bertz CT molecular complexity index is 1410. The van der Waals surface area contributed by atoms with E-state index in [2.05, 4.69) is 33.5 Å². The zero-order chi connectivity index (χ0) is 23.7. The summed E-state index contributed by atoms with van der Waals surface area (Å²) in [7, 11) is 0. The number of hydrogen-bond donors (Lipinski definition) is 3. The van der Waals surface area contributed by atoms with E-state index in [0.717, 1.165) is 24.0 Å². The van der Waals surface area contributed by atoms with Crippen LogP contribution >= 0.6 is 23.1 Å². The molecule has 3 N–H and O–H groups in total. The first-order valence-electron chi connectivity index (χ1n) is 11.4. The number of nitrogens with zero attached hydrogens (tertiary/aromatic N) is 1. The van der Waals surface area contributed by atoms with Crippen LogP contribution in [-0.2, 0) is 17.6 Å². The number of phenolic OH excluding ortho intramolecular Hbond substituents is 1. The molecule has 1 atom stereocenters. The molecule has 174 valence electrons. The number of nitrogens with one attached hydrogen (secondary N) is 2. The molecule has 0 aliphatic heterocycles. The van der Waals surface area contributed by atoms with Crippen LogP contribution in [0.5, 0.6) is 5.75 Å². The number of thioether (sulfide) groups is 1. The third-order valence-electron chi connectivity index (χ3n) is 6.13. The second kappa shape index (κ2) is 9.64. The van der Waals surface area contributed by atoms with Crippen molar-refractivity contribution in [3.8, 4) is 16.9 Å². The smallest absolute Gasteiger partial charge is 0.260 e. The van der Waals surface area contributed by atoms with Gasteiger partial charge in [0.05, 0.1) is 10.6 Å². The second-order valence-corrected chi connectivity index (χ2v) is 10.5. The van der Waals surface area contributed by atoms with Gasteiger partial charge in [0.1, 0.15) is 10.6 Å². The van der Waals surface area contributed by atoms with Crippen molar-refractivity contribution in [3.05, 3.63) is 69.3 Å². The van der Waals surface area contributed by atoms with Gasteiger partial charge in [0.2, 0.25) is 5.91 Å². The molecule has 1 aliphatic carbocycles. The molecule has 0 saturated carbocycles. The van der Waals surface area contributed by atoms with Crippen molar-refractivity contribution in [2.45, 2.75) is 49.4 Å². The van der Waals surface area contributed by atoms with Crippen LogP contribution in [0.1, 0.15) is 37.3 Å². The number of aromatic amines is 1. The standard InChI is InChI=1S/C26H25N3O3S2/c1-2-21(23(31)27-18-9-11-19(30)12-10-18)34-26-28-24(32)22-20(14-33-25(22)29-26)17-8-7-15-5-3-4-6-16(15)13-17/h7-14,21,30H,2-6H2,1H3,(H,27,31)(H,28,29,32). The zero-order valence-electron chi connectivity index (χ0n) is 18.8. The highest BCUT2D eigenvalue weighted by Gasteiger charge is 2.21. The van der Waals surface area contributed by atoms with Crippen LogP contribution in [-0.4, -0.2) is 26.2 Å². The number of thiophene rings is 1. The normalized spacial score (nSPS) is 14.0. The minimum atomic E-state index is -0.422. The van der Waals surface area contributed by atoms with Crippen LogP contribution in [0.3, 0.4) is 0 Å². The Hall–Kier alpha value is -3.10. The number of aryl methyl sites for hydroxylation is 2. The van der Waals surface area contributed by atoms with Crippen LogP contribution < -0.4 is 10.9 Å². The molecule has 0 saturated heterocycles. The van der Waals surface area contributed by atoms with Gasteiger partial charge in [-0.3, -0.25) is 9.59 Å². The third-order valence-corrected chi connectivity index (χ3v) is 8.25. The molecule has 8 heteroatoms. The van der Waals surface area contributed by atoms with Crippen molar-refractivity contribution < 1.29 is 9.90 Å². The Morgan fingerprint density at radius 3 is 2.71 bits per heavy atom. The molecule has 1 amide bonds. The summed E-state index contributed by atoms with van der Waals surface area (Å²) in [4.78, 5) is 34.1. The summed E-state index contributed by atoms with van der Waals surface area (Å²) in [6.45, 7) is 1.92. The lowest BCUT2D eigenvalue weighted by Crippen LogP contribution is -2.25. The number of H-pyrrole nitrogens is 1. The Morgan fingerprint density at radius 2 is 1.94 bits per heavy atom. The number of fused-ring (bicyclic) bond motifs is 2. The van der Waals surface area contributed by atoms with Crippen molar-refractivity contribution in [1.29, 1.82) is 0 Å². The maximum atomic E-state index is 13.1. The molecule has 1 unspecified atom stereocenters. The molecule has 34 heavy (non-hydrogen) atoms. The highest BCUT2D eigenvalue weighted by Crippen LogP contribution is 2.34. The van der Waals surface area contributed by atoms with Crippen LogP contribution in [0.2, 0.25) is 0 Å². The molecule has 0 bridgehead atoms. The third kappa shape index (κ3) is 4.60. The summed E-state index contributed by atoms with van der Waals surface area (Å²) in [5, 5.41) is 14.9. The van der Waals surface area contributed by atoms with E-state index in [9.17, 15) is 14.7 Å². The fourth-order valence-corrected chi connectivity index (χ4v) is 6.23. The summed E-state index contributed by atoms with van der Waals surface area (Å²) in [6, 6.07) is 12.8. The molecular weight excluding hydrogens is 466 g/mol. The van der Waals surface area contributed by atoms with Gasteiger partial charge in [0.15, 0.2) is 5.16 Å². The maximum Gasteiger partial charge on any atom is 0.260 e. The lowest BCUT2D eigenvalue weighted by Gasteiger charge is -2.16. The number of anilines is 1. The number of aromatic hydroxyl groups is 1. The molecule has 2 aromatic carbocycles. The number of amides is 1. The quantitative estimate of drug-likeness (QED) is 0.181. The summed E-state index contributed by atoms with van der Waals surface area (Å²) >= 11 is 2.70. The van der Waals surface area contributed by atoms with Gasteiger partial charge in [-0.05, 0) is 73.1 Å². The van der Waals surface area contributed by atoms with E-state index in [1.165, 1.54) is 59.2 Å². The minimum Gasteiger partial charge on any atom is -0.508 e. The number of rotatable bonds is 6. The fourth-order valence-electron chi connectivity index (χ4n) is 4.32. The van der Waals surface area contributed by atoms with Gasteiger partial charge in [-0.1, -0.05) is 36.9 Å². The molecule has 0 radical (unpaired) electrons. The Morgan fingerprint density at radius 1 is 1.18 bits per heavy atom. The Labute approximate surface area is 205 Å². The SMILES string of the molecule is CCC(Sc1nc2scc(-c3ccc4c(c3)CCCC4)c2c(=O)[nH]1)C(=O)Nc1ccc(O)cc1. The fraction of sp³-hybridized carbons (Fsp3) is 0.269. The van der Waals surface area contributed by atoms with E-state index >= 15 is 0 Å². The molecule has 4 aromatic rings. The van der Waals surface area contributed by atoms with Crippen molar-refractivity contribution >= 4 is 44.9 Å². The molecule has 6 nitrogen and oxygen atoms in total. The van der Waals surface area contributed by atoms with Crippen LogP contribution in [0, 0.1) is 0 Å². The van der Waals surface area contributed by atoms with E-state index in [1.807, 2.05) is 12.3 Å². The predicted molar refractivity (Wildman–Crippen MR) is 139 cm³/mol. The lowest BCUT2D eigenvalue weighted by molar-refractivity contribution is -0.115. The zero-order valence-corrected chi connectivity index (χ0v) is 20.4. The number of carbonyl (C=O) groups is 1. The summed E-state index contributed by atoms with van der Waals surface area (Å²) in [5.74, 6) is -0.0398.